The molecule has 1 aliphatic rings. The van der Waals surface area contributed by atoms with Crippen LogP contribution in [0, 0.1) is 23.4 Å². The van der Waals surface area contributed by atoms with Gasteiger partial charge in [0, 0.05) is 0 Å². The van der Waals surface area contributed by atoms with E-state index in [2.05, 4.69) is 6.92 Å². The fourth-order valence-corrected chi connectivity index (χ4v) is 3.81. The van der Waals surface area contributed by atoms with Crippen molar-refractivity contribution in [2.75, 3.05) is 0 Å². The van der Waals surface area contributed by atoms with E-state index in [4.69, 9.17) is 0 Å². The summed E-state index contributed by atoms with van der Waals surface area (Å²) in [6, 6.07) is 2.36. The molecular weight excluding hydrogens is 297 g/mol. The molecule has 0 aromatic heterocycles. The Morgan fingerprint density at radius 1 is 0.826 bits per heavy atom. The summed E-state index contributed by atoms with van der Waals surface area (Å²) in [6.07, 6.45) is 13.4. The Kier molecular flexibility index (Phi) is 7.45. The molecule has 1 aliphatic carbocycles. The van der Waals surface area contributed by atoms with E-state index in [1.165, 1.54) is 57.1 Å². The van der Waals surface area contributed by atoms with Gasteiger partial charge >= 0.3 is 0 Å². The monoisotopic (exact) mass is 326 g/mol. The van der Waals surface area contributed by atoms with Crippen molar-refractivity contribution in [1.29, 1.82) is 0 Å². The summed E-state index contributed by atoms with van der Waals surface area (Å²) in [6.45, 7) is 2.23. The van der Waals surface area contributed by atoms with E-state index in [-0.39, 0.29) is 5.92 Å². The van der Waals surface area contributed by atoms with Crippen LogP contribution in [0.25, 0.3) is 0 Å². The zero-order valence-electron chi connectivity index (χ0n) is 14.2. The van der Waals surface area contributed by atoms with E-state index < -0.39 is 17.5 Å². The third-order valence-electron chi connectivity index (χ3n) is 5.29. The van der Waals surface area contributed by atoms with Crippen LogP contribution in [0.1, 0.15) is 89.0 Å². The fourth-order valence-electron chi connectivity index (χ4n) is 3.81. The molecule has 0 spiro atoms. The smallest absolute Gasteiger partial charge is 0.194 e. The Labute approximate surface area is 138 Å². The van der Waals surface area contributed by atoms with E-state index in [0.29, 0.717) is 5.56 Å². The minimum Gasteiger partial charge on any atom is -0.204 e. The van der Waals surface area contributed by atoms with Crippen molar-refractivity contribution in [3.63, 3.8) is 0 Å². The van der Waals surface area contributed by atoms with Crippen LogP contribution in [0.3, 0.4) is 0 Å². The van der Waals surface area contributed by atoms with Crippen LogP contribution in [-0.4, -0.2) is 0 Å². The lowest BCUT2D eigenvalue weighted by Crippen LogP contribution is -2.14. The van der Waals surface area contributed by atoms with Crippen molar-refractivity contribution in [2.24, 2.45) is 5.92 Å². The lowest BCUT2D eigenvalue weighted by atomic mass is 9.77. The van der Waals surface area contributed by atoms with E-state index in [1.54, 1.807) is 0 Å². The topological polar surface area (TPSA) is 0 Å². The van der Waals surface area contributed by atoms with Gasteiger partial charge in [0.2, 0.25) is 0 Å². The number of unbranched alkanes of at least 4 members (excludes halogenated alkanes) is 5. The Morgan fingerprint density at radius 2 is 1.39 bits per heavy atom. The summed E-state index contributed by atoms with van der Waals surface area (Å²) in [5.74, 6) is -2.54. The molecule has 1 aromatic rings. The first-order valence-electron chi connectivity index (χ1n) is 9.26. The number of hydrogen-bond acceptors (Lipinski definition) is 0. The van der Waals surface area contributed by atoms with Crippen LogP contribution >= 0.6 is 0 Å². The minimum absolute atomic E-state index is 0.181. The standard InChI is InChI=1S/C20H29F3/c1-2-3-4-5-6-7-8-15-9-11-16(12-10-15)17-13-18(21)20(23)19(22)14-17/h13-16H,2-12H2,1H3/t15-,16-. The molecule has 1 saturated carbocycles. The molecule has 0 heterocycles. The van der Waals surface area contributed by atoms with E-state index in [1.807, 2.05) is 0 Å². The highest BCUT2D eigenvalue weighted by Crippen LogP contribution is 2.38. The summed E-state index contributed by atoms with van der Waals surface area (Å²) in [4.78, 5) is 0. The molecule has 0 aliphatic heterocycles. The summed E-state index contributed by atoms with van der Waals surface area (Å²) in [7, 11) is 0. The second kappa shape index (κ2) is 9.34. The molecular formula is C20H29F3. The first-order valence-corrected chi connectivity index (χ1v) is 9.26. The molecule has 23 heavy (non-hydrogen) atoms. The molecule has 0 atom stereocenters. The molecule has 2 rings (SSSR count). The maximum Gasteiger partial charge on any atom is 0.194 e. The van der Waals surface area contributed by atoms with Crippen LogP contribution in [0.4, 0.5) is 13.2 Å². The van der Waals surface area contributed by atoms with Crippen molar-refractivity contribution in [2.45, 2.75) is 83.5 Å². The largest absolute Gasteiger partial charge is 0.204 e. The summed E-state index contributed by atoms with van der Waals surface area (Å²) >= 11 is 0. The van der Waals surface area contributed by atoms with Gasteiger partial charge in [0.1, 0.15) is 0 Å². The minimum atomic E-state index is -1.36. The molecule has 1 aromatic carbocycles. The Balaban J connectivity index is 1.72. The van der Waals surface area contributed by atoms with E-state index in [9.17, 15) is 13.2 Å². The molecule has 0 radical (unpaired) electrons. The maximum atomic E-state index is 13.4. The highest BCUT2D eigenvalue weighted by atomic mass is 19.2. The van der Waals surface area contributed by atoms with Crippen molar-refractivity contribution in [3.05, 3.63) is 35.1 Å². The summed E-state index contributed by atoms with van der Waals surface area (Å²) in [5, 5.41) is 0. The van der Waals surface area contributed by atoms with Gasteiger partial charge in [-0.25, -0.2) is 13.2 Å². The Hall–Kier alpha value is -0.990. The van der Waals surface area contributed by atoms with Gasteiger partial charge in [-0.2, -0.15) is 0 Å². The maximum absolute atomic E-state index is 13.4. The molecule has 0 bridgehead atoms. The quantitative estimate of drug-likeness (QED) is 0.352. The van der Waals surface area contributed by atoms with Crippen LogP contribution in [0.15, 0.2) is 12.1 Å². The number of hydrogen-bond donors (Lipinski definition) is 0. The molecule has 0 nitrogen and oxygen atoms in total. The second-order valence-electron chi connectivity index (χ2n) is 7.07. The molecule has 1 fully saturated rings. The highest BCUT2D eigenvalue weighted by molar-refractivity contribution is 5.23. The predicted octanol–water partition coefficient (Wildman–Crippen LogP) is 7.13. The predicted molar refractivity (Wildman–Crippen MR) is 89.0 cm³/mol. The van der Waals surface area contributed by atoms with E-state index >= 15 is 0 Å². The number of rotatable bonds is 8. The van der Waals surface area contributed by atoms with Crippen LogP contribution in [0.5, 0.6) is 0 Å². The second-order valence-corrected chi connectivity index (χ2v) is 7.07. The first-order chi connectivity index (χ1) is 11.1. The van der Waals surface area contributed by atoms with Crippen molar-refractivity contribution in [1.82, 2.24) is 0 Å². The zero-order chi connectivity index (χ0) is 16.7. The summed E-state index contributed by atoms with van der Waals surface area (Å²) < 4.78 is 39.7. The molecule has 0 saturated heterocycles. The van der Waals surface area contributed by atoms with Gasteiger partial charge in [0.25, 0.3) is 0 Å². The molecule has 3 heteroatoms. The van der Waals surface area contributed by atoms with Crippen molar-refractivity contribution >= 4 is 0 Å². The zero-order valence-corrected chi connectivity index (χ0v) is 14.2. The molecule has 130 valence electrons. The van der Waals surface area contributed by atoms with Crippen LogP contribution < -0.4 is 0 Å². The van der Waals surface area contributed by atoms with Gasteiger partial charge < -0.3 is 0 Å². The van der Waals surface area contributed by atoms with Crippen molar-refractivity contribution in [3.8, 4) is 0 Å². The highest BCUT2D eigenvalue weighted by Gasteiger charge is 2.24. The Bertz CT molecular complexity index is 453. The lowest BCUT2D eigenvalue weighted by molar-refractivity contribution is 0.300. The van der Waals surface area contributed by atoms with Gasteiger partial charge in [-0.15, -0.1) is 0 Å². The average molecular weight is 326 g/mol. The van der Waals surface area contributed by atoms with E-state index in [0.717, 1.165) is 31.6 Å². The number of halogens is 3. The van der Waals surface area contributed by atoms with Crippen LogP contribution in [0.2, 0.25) is 0 Å². The average Bonchev–Trinajstić information content (AvgIpc) is 2.56. The summed E-state index contributed by atoms with van der Waals surface area (Å²) in [5.41, 5.74) is 0.624. The third kappa shape index (κ3) is 5.54. The first kappa shape index (κ1) is 18.4. The Morgan fingerprint density at radius 3 is 2.00 bits per heavy atom. The molecule has 0 N–H and O–H groups in total. The fraction of sp³-hybridized carbons (Fsp3) is 0.700. The number of benzene rings is 1. The normalized spacial score (nSPS) is 21.6. The van der Waals surface area contributed by atoms with Gasteiger partial charge in [-0.05, 0) is 55.2 Å². The van der Waals surface area contributed by atoms with Crippen LogP contribution in [-0.2, 0) is 0 Å². The lowest BCUT2D eigenvalue weighted by Gasteiger charge is -2.29. The van der Waals surface area contributed by atoms with Gasteiger partial charge in [-0.1, -0.05) is 51.9 Å². The SMILES string of the molecule is CCCCCCCC[C@H]1CC[C@H](c2cc(F)c(F)c(F)c2)CC1. The van der Waals surface area contributed by atoms with Gasteiger partial charge in [0.15, 0.2) is 17.5 Å². The molecule has 0 unspecified atom stereocenters. The third-order valence-corrected chi connectivity index (χ3v) is 5.29. The van der Waals surface area contributed by atoms with Gasteiger partial charge in [0.05, 0.1) is 0 Å². The van der Waals surface area contributed by atoms with Crippen molar-refractivity contribution < 1.29 is 13.2 Å². The molecule has 0 amide bonds. The van der Waals surface area contributed by atoms with Gasteiger partial charge in [-0.3, -0.25) is 0 Å².